The van der Waals surface area contributed by atoms with Gasteiger partial charge in [0, 0.05) is 19.1 Å². The van der Waals surface area contributed by atoms with Gasteiger partial charge in [-0.25, -0.2) is 4.79 Å². The second-order valence-electron chi connectivity index (χ2n) is 6.89. The van der Waals surface area contributed by atoms with E-state index in [1.807, 2.05) is 6.07 Å². The SMILES string of the molecule is CC1CCC(N2CCc3c(cccc3C(=O)O)C2)CC1C. The summed E-state index contributed by atoms with van der Waals surface area (Å²) in [5.41, 5.74) is 2.77. The number of aromatic carboxylic acids is 1. The van der Waals surface area contributed by atoms with E-state index in [0.29, 0.717) is 11.6 Å². The summed E-state index contributed by atoms with van der Waals surface area (Å²) in [4.78, 5) is 13.9. The van der Waals surface area contributed by atoms with E-state index < -0.39 is 5.97 Å². The lowest BCUT2D eigenvalue weighted by molar-refractivity contribution is 0.0691. The first-order valence-electron chi connectivity index (χ1n) is 8.14. The maximum absolute atomic E-state index is 11.3. The molecule has 1 saturated carbocycles. The van der Waals surface area contributed by atoms with Gasteiger partial charge in [-0.1, -0.05) is 26.0 Å². The fourth-order valence-corrected chi connectivity index (χ4v) is 3.99. The van der Waals surface area contributed by atoms with E-state index >= 15 is 0 Å². The van der Waals surface area contributed by atoms with Crippen LogP contribution in [0.3, 0.4) is 0 Å². The van der Waals surface area contributed by atoms with E-state index in [2.05, 4.69) is 24.8 Å². The zero-order valence-electron chi connectivity index (χ0n) is 13.0. The van der Waals surface area contributed by atoms with Crippen LogP contribution in [0, 0.1) is 11.8 Å². The Morgan fingerprint density at radius 2 is 2.05 bits per heavy atom. The number of nitrogens with zero attached hydrogens (tertiary/aromatic N) is 1. The highest BCUT2D eigenvalue weighted by Crippen LogP contribution is 2.34. The molecule has 0 amide bonds. The van der Waals surface area contributed by atoms with Crippen molar-refractivity contribution in [2.75, 3.05) is 6.54 Å². The summed E-state index contributed by atoms with van der Waals surface area (Å²) in [6.45, 7) is 6.66. The highest BCUT2D eigenvalue weighted by atomic mass is 16.4. The number of fused-ring (bicyclic) bond motifs is 1. The molecule has 1 aliphatic carbocycles. The Morgan fingerprint density at radius 3 is 2.76 bits per heavy atom. The molecular weight excluding hydrogens is 262 g/mol. The zero-order chi connectivity index (χ0) is 15.0. The Bertz CT molecular complexity index is 540. The van der Waals surface area contributed by atoms with Crippen molar-refractivity contribution in [3.05, 3.63) is 34.9 Å². The first-order valence-corrected chi connectivity index (χ1v) is 8.14. The van der Waals surface area contributed by atoms with Gasteiger partial charge in [-0.15, -0.1) is 0 Å². The molecule has 114 valence electrons. The Labute approximate surface area is 127 Å². The standard InChI is InChI=1S/C18H25NO2/c1-12-6-7-15(10-13(12)2)19-9-8-16-14(11-19)4-3-5-17(16)18(20)21/h3-5,12-13,15H,6-11H2,1-2H3,(H,20,21). The van der Waals surface area contributed by atoms with Gasteiger partial charge < -0.3 is 5.11 Å². The fraction of sp³-hybridized carbons (Fsp3) is 0.611. The van der Waals surface area contributed by atoms with Crippen LogP contribution in [0.4, 0.5) is 0 Å². The van der Waals surface area contributed by atoms with Crippen molar-refractivity contribution in [1.29, 1.82) is 0 Å². The normalized spacial score (nSPS) is 29.9. The maximum Gasteiger partial charge on any atom is 0.335 e. The van der Waals surface area contributed by atoms with Crippen LogP contribution in [0.15, 0.2) is 18.2 Å². The lowest BCUT2D eigenvalue weighted by Gasteiger charge is -2.41. The monoisotopic (exact) mass is 287 g/mol. The van der Waals surface area contributed by atoms with Crippen molar-refractivity contribution in [3.63, 3.8) is 0 Å². The third-order valence-electron chi connectivity index (χ3n) is 5.61. The third-order valence-corrected chi connectivity index (χ3v) is 5.61. The molecule has 1 aromatic rings. The van der Waals surface area contributed by atoms with Gasteiger partial charge in [0.15, 0.2) is 0 Å². The average Bonchev–Trinajstić information content (AvgIpc) is 2.48. The fourth-order valence-electron chi connectivity index (χ4n) is 3.99. The number of hydrogen-bond acceptors (Lipinski definition) is 2. The van der Waals surface area contributed by atoms with Crippen LogP contribution >= 0.6 is 0 Å². The number of carboxylic acids is 1. The van der Waals surface area contributed by atoms with E-state index in [0.717, 1.165) is 36.9 Å². The lowest BCUT2D eigenvalue weighted by atomic mass is 9.78. The van der Waals surface area contributed by atoms with Gasteiger partial charge in [0.25, 0.3) is 0 Å². The molecule has 0 saturated heterocycles. The van der Waals surface area contributed by atoms with E-state index in [4.69, 9.17) is 0 Å². The van der Waals surface area contributed by atoms with Gasteiger partial charge in [0.1, 0.15) is 0 Å². The van der Waals surface area contributed by atoms with Crippen LogP contribution in [0.2, 0.25) is 0 Å². The number of hydrogen-bond donors (Lipinski definition) is 1. The molecule has 1 aliphatic heterocycles. The minimum atomic E-state index is -0.791. The van der Waals surface area contributed by atoms with Gasteiger partial charge in [0.2, 0.25) is 0 Å². The Kier molecular flexibility index (Phi) is 4.03. The van der Waals surface area contributed by atoms with Crippen LogP contribution in [-0.2, 0) is 13.0 Å². The van der Waals surface area contributed by atoms with E-state index in [1.54, 1.807) is 6.07 Å². The number of benzene rings is 1. The molecule has 2 aliphatic rings. The summed E-state index contributed by atoms with van der Waals surface area (Å²) >= 11 is 0. The third kappa shape index (κ3) is 2.84. The van der Waals surface area contributed by atoms with Crippen LogP contribution in [-0.4, -0.2) is 28.6 Å². The predicted molar refractivity (Wildman–Crippen MR) is 83.5 cm³/mol. The van der Waals surface area contributed by atoms with Crippen molar-refractivity contribution in [2.24, 2.45) is 11.8 Å². The van der Waals surface area contributed by atoms with Crippen LogP contribution in [0.25, 0.3) is 0 Å². The Hall–Kier alpha value is -1.35. The van der Waals surface area contributed by atoms with Crippen molar-refractivity contribution in [3.8, 4) is 0 Å². The highest BCUT2D eigenvalue weighted by molar-refractivity contribution is 5.89. The molecule has 0 spiro atoms. The van der Waals surface area contributed by atoms with Crippen molar-refractivity contribution >= 4 is 5.97 Å². The van der Waals surface area contributed by atoms with E-state index in [-0.39, 0.29) is 0 Å². The van der Waals surface area contributed by atoms with Crippen molar-refractivity contribution < 1.29 is 9.90 Å². The second kappa shape index (κ2) is 5.80. The maximum atomic E-state index is 11.3. The molecule has 3 rings (SSSR count). The topological polar surface area (TPSA) is 40.5 Å². The molecule has 0 aromatic heterocycles. The quantitative estimate of drug-likeness (QED) is 0.904. The Balaban J connectivity index is 1.76. The minimum absolute atomic E-state index is 0.498. The molecular formula is C18H25NO2. The van der Waals surface area contributed by atoms with Gasteiger partial charge in [-0.3, -0.25) is 4.90 Å². The highest BCUT2D eigenvalue weighted by Gasteiger charge is 2.31. The molecule has 0 radical (unpaired) electrons. The molecule has 3 heteroatoms. The molecule has 1 fully saturated rings. The summed E-state index contributed by atoms with van der Waals surface area (Å²) in [6.07, 6.45) is 4.77. The second-order valence-corrected chi connectivity index (χ2v) is 6.89. The smallest absolute Gasteiger partial charge is 0.335 e. The summed E-state index contributed by atoms with van der Waals surface area (Å²) in [5, 5.41) is 9.31. The number of carbonyl (C=O) groups is 1. The average molecular weight is 287 g/mol. The first kappa shape index (κ1) is 14.6. The Morgan fingerprint density at radius 1 is 1.24 bits per heavy atom. The molecule has 1 aromatic carbocycles. The van der Waals surface area contributed by atoms with Crippen LogP contribution in [0.1, 0.15) is 54.6 Å². The van der Waals surface area contributed by atoms with Crippen molar-refractivity contribution in [2.45, 2.75) is 52.1 Å². The van der Waals surface area contributed by atoms with Gasteiger partial charge in [0.05, 0.1) is 5.56 Å². The summed E-state index contributed by atoms with van der Waals surface area (Å²) in [5.74, 6) is 0.854. The van der Waals surface area contributed by atoms with E-state index in [1.165, 1.54) is 24.8 Å². The molecule has 1 N–H and O–H groups in total. The molecule has 21 heavy (non-hydrogen) atoms. The van der Waals surface area contributed by atoms with Crippen LogP contribution < -0.4 is 0 Å². The molecule has 3 unspecified atom stereocenters. The first-order chi connectivity index (χ1) is 10.1. The van der Waals surface area contributed by atoms with E-state index in [9.17, 15) is 9.90 Å². The summed E-state index contributed by atoms with van der Waals surface area (Å²) in [7, 11) is 0. The largest absolute Gasteiger partial charge is 0.478 e. The molecule has 3 atom stereocenters. The molecule has 3 nitrogen and oxygen atoms in total. The molecule has 0 bridgehead atoms. The summed E-state index contributed by atoms with van der Waals surface area (Å²) < 4.78 is 0. The summed E-state index contributed by atoms with van der Waals surface area (Å²) in [6, 6.07) is 6.40. The minimum Gasteiger partial charge on any atom is -0.478 e. The number of carboxylic acid groups (broad SMARTS) is 1. The zero-order valence-corrected chi connectivity index (χ0v) is 13.0. The van der Waals surface area contributed by atoms with Gasteiger partial charge in [-0.05, 0) is 54.7 Å². The number of rotatable bonds is 2. The lowest BCUT2D eigenvalue weighted by Crippen LogP contribution is -2.43. The van der Waals surface area contributed by atoms with Crippen LogP contribution in [0.5, 0.6) is 0 Å². The van der Waals surface area contributed by atoms with Gasteiger partial charge >= 0.3 is 5.97 Å². The van der Waals surface area contributed by atoms with Gasteiger partial charge in [-0.2, -0.15) is 0 Å². The predicted octanol–water partition coefficient (Wildman–Crippen LogP) is 3.57. The van der Waals surface area contributed by atoms with Crippen molar-refractivity contribution in [1.82, 2.24) is 4.90 Å². The molecule has 1 heterocycles.